The molecule has 1 saturated heterocycles. The normalized spacial score (nSPS) is 19.5. The molecular weight excluding hydrogens is 240 g/mol. The number of aromatic nitrogens is 2. The van der Waals surface area contributed by atoms with Gasteiger partial charge in [0.05, 0.1) is 4.92 Å². The van der Waals surface area contributed by atoms with Crippen LogP contribution in [0.4, 0.5) is 11.5 Å². The first-order valence-electron chi connectivity index (χ1n) is 5.63. The first-order chi connectivity index (χ1) is 8.09. The number of anilines is 1. The lowest BCUT2D eigenvalue weighted by atomic mass is 10.2. The number of rotatable bonds is 4. The van der Waals surface area contributed by atoms with Crippen LogP contribution in [0.25, 0.3) is 0 Å². The van der Waals surface area contributed by atoms with Crippen LogP contribution in [0, 0.1) is 17.0 Å². The molecule has 0 aromatic carbocycles. The largest absolute Gasteiger partial charge is 0.363 e. The third-order valence-corrected chi connectivity index (χ3v) is 4.29. The SMILES string of the molecule is Cc1nn(C)c(NCC2CCCS2)c1[N+](=O)[O-]. The Balaban J connectivity index is 2.11. The van der Waals surface area contributed by atoms with Gasteiger partial charge in [-0.1, -0.05) is 0 Å². The molecule has 1 aromatic rings. The summed E-state index contributed by atoms with van der Waals surface area (Å²) in [5.74, 6) is 1.71. The molecule has 1 fully saturated rings. The van der Waals surface area contributed by atoms with E-state index in [1.165, 1.54) is 18.6 Å². The Morgan fingerprint density at radius 1 is 1.71 bits per heavy atom. The number of hydrogen-bond acceptors (Lipinski definition) is 5. The summed E-state index contributed by atoms with van der Waals surface area (Å²) in [7, 11) is 1.73. The second kappa shape index (κ2) is 4.95. The van der Waals surface area contributed by atoms with E-state index >= 15 is 0 Å². The lowest BCUT2D eigenvalue weighted by molar-refractivity contribution is -0.384. The highest BCUT2D eigenvalue weighted by atomic mass is 32.2. The van der Waals surface area contributed by atoms with Gasteiger partial charge in [-0.3, -0.25) is 10.1 Å². The average Bonchev–Trinajstić information content (AvgIpc) is 2.83. The molecule has 0 aliphatic carbocycles. The van der Waals surface area contributed by atoms with Gasteiger partial charge in [0.25, 0.3) is 0 Å². The molecule has 1 N–H and O–H groups in total. The topological polar surface area (TPSA) is 73.0 Å². The van der Waals surface area contributed by atoms with Crippen LogP contribution in [-0.4, -0.2) is 32.3 Å². The van der Waals surface area contributed by atoms with Crippen LogP contribution in [0.3, 0.4) is 0 Å². The van der Waals surface area contributed by atoms with Gasteiger partial charge in [-0.05, 0) is 25.5 Å². The minimum Gasteiger partial charge on any atom is -0.363 e. The standard InChI is InChI=1S/C10H16N4O2S/c1-7-9(14(15)16)10(13(2)12-7)11-6-8-4-3-5-17-8/h8,11H,3-6H2,1-2H3. The summed E-state index contributed by atoms with van der Waals surface area (Å²) in [4.78, 5) is 10.6. The summed E-state index contributed by atoms with van der Waals surface area (Å²) in [6, 6.07) is 0. The van der Waals surface area contributed by atoms with E-state index in [2.05, 4.69) is 10.4 Å². The van der Waals surface area contributed by atoms with E-state index in [0.29, 0.717) is 16.8 Å². The molecule has 0 saturated carbocycles. The Morgan fingerprint density at radius 3 is 3.06 bits per heavy atom. The zero-order valence-electron chi connectivity index (χ0n) is 9.97. The van der Waals surface area contributed by atoms with E-state index in [4.69, 9.17) is 0 Å². The maximum absolute atomic E-state index is 11.0. The number of nitrogens with zero attached hydrogens (tertiary/aromatic N) is 3. The predicted octanol–water partition coefficient (Wildman–Crippen LogP) is 1.94. The summed E-state index contributed by atoms with van der Waals surface area (Å²) < 4.78 is 1.55. The van der Waals surface area contributed by atoms with Gasteiger partial charge >= 0.3 is 5.69 Å². The molecule has 2 heterocycles. The summed E-state index contributed by atoms with van der Waals surface area (Å²) in [6.45, 7) is 2.43. The van der Waals surface area contributed by atoms with Crippen LogP contribution < -0.4 is 5.32 Å². The summed E-state index contributed by atoms with van der Waals surface area (Å²) in [6.07, 6.45) is 2.42. The molecule has 1 unspecified atom stereocenters. The van der Waals surface area contributed by atoms with Gasteiger partial charge in [-0.25, -0.2) is 4.68 Å². The van der Waals surface area contributed by atoms with Crippen molar-refractivity contribution < 1.29 is 4.92 Å². The Morgan fingerprint density at radius 2 is 2.47 bits per heavy atom. The minimum atomic E-state index is -0.369. The molecule has 1 aliphatic rings. The van der Waals surface area contributed by atoms with Crippen molar-refractivity contribution in [1.82, 2.24) is 9.78 Å². The second-order valence-corrected chi connectivity index (χ2v) is 5.59. The first-order valence-corrected chi connectivity index (χ1v) is 6.68. The Hall–Kier alpha value is -1.24. The fourth-order valence-electron chi connectivity index (χ4n) is 2.08. The van der Waals surface area contributed by atoms with E-state index < -0.39 is 0 Å². The van der Waals surface area contributed by atoms with Gasteiger partial charge in [-0.15, -0.1) is 0 Å². The zero-order chi connectivity index (χ0) is 12.4. The smallest absolute Gasteiger partial charge is 0.333 e. The lowest BCUT2D eigenvalue weighted by Gasteiger charge is -2.10. The van der Waals surface area contributed by atoms with Crippen molar-refractivity contribution in [3.05, 3.63) is 15.8 Å². The van der Waals surface area contributed by atoms with Crippen LogP contribution in [-0.2, 0) is 7.05 Å². The number of aryl methyl sites for hydroxylation is 2. The molecule has 17 heavy (non-hydrogen) atoms. The van der Waals surface area contributed by atoms with Crippen molar-refractivity contribution in [2.24, 2.45) is 7.05 Å². The highest BCUT2D eigenvalue weighted by molar-refractivity contribution is 8.00. The van der Waals surface area contributed by atoms with Crippen molar-refractivity contribution in [3.63, 3.8) is 0 Å². The molecule has 6 nitrogen and oxygen atoms in total. The number of hydrogen-bond donors (Lipinski definition) is 1. The first kappa shape index (κ1) is 12.2. The Bertz CT molecular complexity index is 426. The summed E-state index contributed by atoms with van der Waals surface area (Å²) >= 11 is 1.93. The molecule has 0 amide bonds. The van der Waals surface area contributed by atoms with E-state index in [0.717, 1.165) is 6.54 Å². The number of thioether (sulfide) groups is 1. The molecule has 1 atom stereocenters. The fourth-order valence-corrected chi connectivity index (χ4v) is 3.28. The summed E-state index contributed by atoms with van der Waals surface area (Å²) in [5.41, 5.74) is 0.551. The zero-order valence-corrected chi connectivity index (χ0v) is 10.8. The number of nitrogens with one attached hydrogen (secondary N) is 1. The Kier molecular flexibility index (Phi) is 3.56. The molecule has 94 valence electrons. The van der Waals surface area contributed by atoms with E-state index in [1.54, 1.807) is 18.7 Å². The highest BCUT2D eigenvalue weighted by Gasteiger charge is 2.25. The molecule has 0 radical (unpaired) electrons. The van der Waals surface area contributed by atoms with E-state index in [1.807, 2.05) is 11.8 Å². The van der Waals surface area contributed by atoms with Gasteiger partial charge < -0.3 is 5.32 Å². The molecule has 0 spiro atoms. The van der Waals surface area contributed by atoms with Crippen molar-refractivity contribution in [3.8, 4) is 0 Å². The quantitative estimate of drug-likeness (QED) is 0.658. The van der Waals surface area contributed by atoms with Gasteiger partial charge in [0.2, 0.25) is 5.82 Å². The third-order valence-electron chi connectivity index (χ3n) is 2.89. The maximum Gasteiger partial charge on any atom is 0.333 e. The van der Waals surface area contributed by atoms with Crippen LogP contribution in [0.2, 0.25) is 0 Å². The molecule has 1 aromatic heterocycles. The van der Waals surface area contributed by atoms with Crippen molar-refractivity contribution in [1.29, 1.82) is 0 Å². The molecule has 1 aliphatic heterocycles. The van der Waals surface area contributed by atoms with E-state index in [-0.39, 0.29) is 10.6 Å². The predicted molar refractivity (Wildman–Crippen MR) is 68.6 cm³/mol. The monoisotopic (exact) mass is 256 g/mol. The second-order valence-electron chi connectivity index (χ2n) is 4.18. The van der Waals surface area contributed by atoms with Gasteiger partial charge in [0.1, 0.15) is 5.69 Å². The van der Waals surface area contributed by atoms with Crippen LogP contribution in [0.5, 0.6) is 0 Å². The molecular formula is C10H16N4O2S. The van der Waals surface area contributed by atoms with Crippen molar-refractivity contribution >= 4 is 23.3 Å². The van der Waals surface area contributed by atoms with Gasteiger partial charge in [0.15, 0.2) is 0 Å². The molecule has 0 bridgehead atoms. The number of nitro groups is 1. The molecule has 2 rings (SSSR count). The van der Waals surface area contributed by atoms with Crippen molar-refractivity contribution in [2.45, 2.75) is 25.0 Å². The van der Waals surface area contributed by atoms with Crippen molar-refractivity contribution in [2.75, 3.05) is 17.6 Å². The summed E-state index contributed by atoms with van der Waals surface area (Å²) in [5, 5.41) is 18.8. The third kappa shape index (κ3) is 2.54. The average molecular weight is 256 g/mol. The molecule has 7 heteroatoms. The van der Waals surface area contributed by atoms with Crippen LogP contribution in [0.1, 0.15) is 18.5 Å². The fraction of sp³-hybridized carbons (Fsp3) is 0.700. The lowest BCUT2D eigenvalue weighted by Crippen LogP contribution is -2.16. The highest BCUT2D eigenvalue weighted by Crippen LogP contribution is 2.30. The minimum absolute atomic E-state index is 0.0931. The van der Waals surface area contributed by atoms with E-state index in [9.17, 15) is 10.1 Å². The van der Waals surface area contributed by atoms with Gasteiger partial charge in [0, 0.05) is 18.8 Å². The van der Waals surface area contributed by atoms with Crippen LogP contribution >= 0.6 is 11.8 Å². The van der Waals surface area contributed by atoms with Gasteiger partial charge in [-0.2, -0.15) is 16.9 Å². The van der Waals surface area contributed by atoms with Crippen LogP contribution in [0.15, 0.2) is 0 Å². The Labute approximate surface area is 104 Å². The maximum atomic E-state index is 11.0.